The van der Waals surface area contributed by atoms with Gasteiger partial charge in [-0.3, -0.25) is 0 Å². The Bertz CT molecular complexity index is 642. The van der Waals surface area contributed by atoms with Gasteiger partial charge in [0, 0.05) is 30.6 Å². The van der Waals surface area contributed by atoms with E-state index in [2.05, 4.69) is 15.6 Å². The number of thiazole rings is 1. The molecule has 2 aromatic rings. The van der Waals surface area contributed by atoms with E-state index >= 15 is 0 Å². The zero-order chi connectivity index (χ0) is 16.7. The van der Waals surface area contributed by atoms with E-state index in [1.54, 1.807) is 11.3 Å². The van der Waals surface area contributed by atoms with Gasteiger partial charge < -0.3 is 15.7 Å². The summed E-state index contributed by atoms with van der Waals surface area (Å²) < 4.78 is 0. The molecule has 0 aliphatic carbocycles. The lowest BCUT2D eigenvalue weighted by Crippen LogP contribution is -2.38. The van der Waals surface area contributed by atoms with Crippen LogP contribution >= 0.6 is 11.3 Å². The fraction of sp³-hybridized carbons (Fsp3) is 0.412. The minimum atomic E-state index is -0.694. The van der Waals surface area contributed by atoms with Crippen LogP contribution < -0.4 is 10.6 Å². The monoisotopic (exact) mass is 333 g/mol. The summed E-state index contributed by atoms with van der Waals surface area (Å²) in [6, 6.07) is 7.36. The molecule has 2 amide bonds. The van der Waals surface area contributed by atoms with E-state index in [0.717, 1.165) is 34.7 Å². The lowest BCUT2D eigenvalue weighted by atomic mass is 10.0. The third-order valence-corrected chi connectivity index (χ3v) is 4.55. The maximum Gasteiger partial charge on any atom is 0.314 e. The van der Waals surface area contributed by atoms with E-state index in [1.807, 2.05) is 43.5 Å². The van der Waals surface area contributed by atoms with Crippen LogP contribution in [0.3, 0.4) is 0 Å². The quantitative estimate of drug-likeness (QED) is 0.682. The maximum absolute atomic E-state index is 11.7. The van der Waals surface area contributed by atoms with E-state index in [1.165, 1.54) is 0 Å². The first-order valence-corrected chi connectivity index (χ1v) is 8.60. The summed E-state index contributed by atoms with van der Waals surface area (Å²) in [6.07, 6.45) is 1.02. The largest absolute Gasteiger partial charge is 0.387 e. The standard InChI is InChI=1S/C17H23N3O2S/c1-12-6-3-4-7-14(12)15(21)10-19-17(22)18-9-5-8-16-20-13(2)11-23-16/h3-4,6-7,11,15,21H,5,8-10H2,1-2H3,(H2,18,19,22)/t15-/m0/s1. The Morgan fingerprint density at radius 3 is 2.78 bits per heavy atom. The zero-order valence-electron chi connectivity index (χ0n) is 13.5. The van der Waals surface area contributed by atoms with Gasteiger partial charge in [0.25, 0.3) is 0 Å². The SMILES string of the molecule is Cc1csc(CCCNC(=O)NC[C@H](O)c2ccccc2C)n1. The van der Waals surface area contributed by atoms with Crippen molar-refractivity contribution >= 4 is 17.4 Å². The molecule has 124 valence electrons. The van der Waals surface area contributed by atoms with Crippen LogP contribution in [0.15, 0.2) is 29.6 Å². The number of hydrogen-bond acceptors (Lipinski definition) is 4. The number of nitrogens with zero attached hydrogens (tertiary/aromatic N) is 1. The van der Waals surface area contributed by atoms with Crippen LogP contribution in [-0.2, 0) is 6.42 Å². The van der Waals surface area contributed by atoms with Crippen LogP contribution in [0.2, 0.25) is 0 Å². The van der Waals surface area contributed by atoms with E-state index in [-0.39, 0.29) is 12.6 Å². The van der Waals surface area contributed by atoms with Crippen LogP contribution in [0, 0.1) is 13.8 Å². The number of amides is 2. The van der Waals surface area contributed by atoms with Crippen molar-refractivity contribution in [2.45, 2.75) is 32.8 Å². The third kappa shape index (κ3) is 5.65. The Morgan fingerprint density at radius 1 is 1.30 bits per heavy atom. The fourth-order valence-corrected chi connectivity index (χ4v) is 3.10. The van der Waals surface area contributed by atoms with Crippen molar-refractivity contribution in [3.63, 3.8) is 0 Å². The number of nitrogens with one attached hydrogen (secondary N) is 2. The number of benzene rings is 1. The van der Waals surface area contributed by atoms with Crippen molar-refractivity contribution < 1.29 is 9.90 Å². The van der Waals surface area contributed by atoms with Crippen LogP contribution in [0.1, 0.15) is 34.4 Å². The lowest BCUT2D eigenvalue weighted by Gasteiger charge is -2.14. The molecular weight excluding hydrogens is 310 g/mol. The van der Waals surface area contributed by atoms with Gasteiger partial charge in [-0.15, -0.1) is 11.3 Å². The number of carbonyl (C=O) groups is 1. The smallest absolute Gasteiger partial charge is 0.314 e. The normalized spacial score (nSPS) is 12.0. The van der Waals surface area contributed by atoms with Crippen LogP contribution in [0.4, 0.5) is 4.79 Å². The minimum absolute atomic E-state index is 0.197. The van der Waals surface area contributed by atoms with Crippen molar-refractivity contribution in [2.75, 3.05) is 13.1 Å². The molecule has 0 saturated carbocycles. The van der Waals surface area contributed by atoms with E-state index in [4.69, 9.17) is 0 Å². The highest BCUT2D eigenvalue weighted by Crippen LogP contribution is 2.16. The average molecular weight is 333 g/mol. The summed E-state index contributed by atoms with van der Waals surface area (Å²) in [7, 11) is 0. The third-order valence-electron chi connectivity index (χ3n) is 3.52. The Kier molecular flexibility index (Phi) is 6.55. The fourth-order valence-electron chi connectivity index (χ4n) is 2.28. The molecule has 0 radical (unpaired) electrons. The van der Waals surface area contributed by atoms with Gasteiger partial charge in [0.05, 0.1) is 11.1 Å². The maximum atomic E-state index is 11.7. The van der Waals surface area contributed by atoms with Gasteiger partial charge in [-0.25, -0.2) is 9.78 Å². The predicted octanol–water partition coefficient (Wildman–Crippen LogP) is 2.73. The molecule has 0 aliphatic heterocycles. The molecule has 6 heteroatoms. The van der Waals surface area contributed by atoms with Crippen LogP contribution in [0.5, 0.6) is 0 Å². The Balaban J connectivity index is 1.64. The van der Waals surface area contributed by atoms with Crippen molar-refractivity contribution in [1.82, 2.24) is 15.6 Å². The topological polar surface area (TPSA) is 74.2 Å². The molecule has 1 heterocycles. The van der Waals surface area contributed by atoms with E-state index in [9.17, 15) is 9.90 Å². The zero-order valence-corrected chi connectivity index (χ0v) is 14.3. The minimum Gasteiger partial charge on any atom is -0.387 e. The lowest BCUT2D eigenvalue weighted by molar-refractivity contribution is 0.172. The molecule has 0 bridgehead atoms. The van der Waals surface area contributed by atoms with Crippen molar-refractivity contribution in [3.8, 4) is 0 Å². The van der Waals surface area contributed by atoms with Gasteiger partial charge in [0.1, 0.15) is 0 Å². The molecule has 0 spiro atoms. The Hall–Kier alpha value is -1.92. The van der Waals surface area contributed by atoms with Gasteiger partial charge in [0.15, 0.2) is 0 Å². The molecule has 1 atom stereocenters. The highest BCUT2D eigenvalue weighted by molar-refractivity contribution is 7.09. The summed E-state index contributed by atoms with van der Waals surface area (Å²) in [6.45, 7) is 4.71. The average Bonchev–Trinajstić information content (AvgIpc) is 2.95. The van der Waals surface area contributed by atoms with Gasteiger partial charge in [-0.2, -0.15) is 0 Å². The molecule has 0 fully saturated rings. The highest BCUT2D eigenvalue weighted by Gasteiger charge is 2.11. The van der Waals surface area contributed by atoms with E-state index < -0.39 is 6.10 Å². The first-order chi connectivity index (χ1) is 11.1. The first-order valence-electron chi connectivity index (χ1n) is 7.72. The molecular formula is C17H23N3O2S. The number of urea groups is 1. The number of carbonyl (C=O) groups excluding carboxylic acids is 1. The van der Waals surface area contributed by atoms with Gasteiger partial charge in [-0.05, 0) is 31.4 Å². The molecule has 2 rings (SSSR count). The number of aryl methyl sites for hydroxylation is 3. The summed E-state index contributed by atoms with van der Waals surface area (Å²) in [5, 5.41) is 18.7. The number of rotatable bonds is 7. The Morgan fingerprint density at radius 2 is 2.09 bits per heavy atom. The first kappa shape index (κ1) is 17.4. The molecule has 0 unspecified atom stereocenters. The molecule has 1 aromatic heterocycles. The Labute approximate surface area is 140 Å². The molecule has 3 N–H and O–H groups in total. The number of aliphatic hydroxyl groups excluding tert-OH is 1. The summed E-state index contributed by atoms with van der Waals surface area (Å²) in [4.78, 5) is 16.1. The highest BCUT2D eigenvalue weighted by atomic mass is 32.1. The van der Waals surface area contributed by atoms with Gasteiger partial charge in [0.2, 0.25) is 0 Å². The molecule has 23 heavy (non-hydrogen) atoms. The second-order valence-electron chi connectivity index (χ2n) is 5.50. The second kappa shape index (κ2) is 8.64. The van der Waals surface area contributed by atoms with Crippen molar-refractivity contribution in [1.29, 1.82) is 0 Å². The van der Waals surface area contributed by atoms with Gasteiger partial charge >= 0.3 is 6.03 Å². The predicted molar refractivity (Wildman–Crippen MR) is 92.7 cm³/mol. The van der Waals surface area contributed by atoms with Crippen molar-refractivity contribution in [2.24, 2.45) is 0 Å². The van der Waals surface area contributed by atoms with Gasteiger partial charge in [-0.1, -0.05) is 24.3 Å². The second-order valence-corrected chi connectivity index (χ2v) is 6.44. The van der Waals surface area contributed by atoms with Crippen molar-refractivity contribution in [3.05, 3.63) is 51.5 Å². The summed E-state index contributed by atoms with van der Waals surface area (Å²) >= 11 is 1.65. The van der Waals surface area contributed by atoms with E-state index in [0.29, 0.717) is 6.54 Å². The molecule has 0 aliphatic rings. The summed E-state index contributed by atoms with van der Waals surface area (Å²) in [5.74, 6) is 0. The van der Waals surface area contributed by atoms with Crippen LogP contribution in [0.25, 0.3) is 0 Å². The molecule has 5 nitrogen and oxygen atoms in total. The summed E-state index contributed by atoms with van der Waals surface area (Å²) in [5.41, 5.74) is 2.90. The van der Waals surface area contributed by atoms with Crippen LogP contribution in [-0.4, -0.2) is 29.2 Å². The number of aromatic nitrogens is 1. The molecule has 0 saturated heterocycles. The number of aliphatic hydroxyl groups is 1. The number of hydrogen-bond donors (Lipinski definition) is 3. The molecule has 1 aromatic carbocycles.